The first-order valence-corrected chi connectivity index (χ1v) is 17.1. The third-order valence-corrected chi connectivity index (χ3v) is 9.01. The SMILES string of the molecule is CSCC(=O)N1C[C@@H]2C[C@H]1C(=O)NCCCCN(Cc1ccc(S(C)(=O)=O)cc1)CCCN2C(=O)CC(C)C. The molecule has 2 atom stereocenters. The van der Waals surface area contributed by atoms with Crippen LogP contribution in [0.3, 0.4) is 0 Å². The Balaban J connectivity index is 1.78. The summed E-state index contributed by atoms with van der Waals surface area (Å²) in [6.45, 7) is 7.84. The number of fused-ring (bicyclic) bond motifs is 2. The van der Waals surface area contributed by atoms with Crippen molar-refractivity contribution in [3.63, 3.8) is 0 Å². The molecule has 11 heteroatoms. The van der Waals surface area contributed by atoms with Crippen LogP contribution in [0.5, 0.6) is 0 Å². The molecule has 0 radical (unpaired) electrons. The molecule has 9 nitrogen and oxygen atoms in total. The van der Waals surface area contributed by atoms with Crippen LogP contribution in [0.4, 0.5) is 0 Å². The first-order valence-electron chi connectivity index (χ1n) is 13.9. The summed E-state index contributed by atoms with van der Waals surface area (Å²) in [5.41, 5.74) is 1.03. The zero-order chi connectivity index (χ0) is 28.6. The Kier molecular flexibility index (Phi) is 11.7. The van der Waals surface area contributed by atoms with Gasteiger partial charge in [0.05, 0.1) is 16.7 Å². The number of nitrogens with one attached hydrogen (secondary N) is 1. The molecule has 0 spiro atoms. The Labute approximate surface area is 238 Å². The lowest BCUT2D eigenvalue weighted by Gasteiger charge is -2.31. The van der Waals surface area contributed by atoms with Gasteiger partial charge in [-0.3, -0.25) is 19.3 Å². The normalized spacial score (nSPS) is 22.0. The summed E-state index contributed by atoms with van der Waals surface area (Å²) >= 11 is 1.44. The molecular weight excluding hydrogens is 536 g/mol. The van der Waals surface area contributed by atoms with Crippen molar-refractivity contribution in [2.24, 2.45) is 5.92 Å². The lowest BCUT2D eigenvalue weighted by Crippen LogP contribution is -2.47. The number of sulfone groups is 1. The minimum atomic E-state index is -3.24. The number of thioether (sulfide) groups is 1. The Morgan fingerprint density at radius 2 is 1.72 bits per heavy atom. The van der Waals surface area contributed by atoms with E-state index in [1.165, 1.54) is 18.0 Å². The second-order valence-electron chi connectivity index (χ2n) is 11.1. The molecule has 2 aliphatic rings. The number of carbonyl (C=O) groups excluding carboxylic acids is 3. The van der Waals surface area contributed by atoms with E-state index in [9.17, 15) is 22.8 Å². The van der Waals surface area contributed by atoms with Crippen LogP contribution in [0.25, 0.3) is 0 Å². The number of rotatable bonds is 7. The molecule has 2 saturated heterocycles. The maximum atomic E-state index is 13.4. The molecule has 218 valence electrons. The lowest BCUT2D eigenvalue weighted by molar-refractivity contribution is -0.137. The van der Waals surface area contributed by atoms with E-state index in [0.717, 1.165) is 37.9 Å². The first kappa shape index (κ1) is 31.4. The zero-order valence-electron chi connectivity index (χ0n) is 23.7. The predicted molar refractivity (Wildman–Crippen MR) is 155 cm³/mol. The largest absolute Gasteiger partial charge is 0.354 e. The number of amides is 3. The van der Waals surface area contributed by atoms with Crippen LogP contribution in [-0.2, 0) is 30.8 Å². The van der Waals surface area contributed by atoms with Gasteiger partial charge in [-0.1, -0.05) is 26.0 Å². The maximum absolute atomic E-state index is 13.4. The highest BCUT2D eigenvalue weighted by Crippen LogP contribution is 2.25. The molecule has 2 bridgehead atoms. The minimum absolute atomic E-state index is 0.0567. The van der Waals surface area contributed by atoms with Crippen molar-refractivity contribution in [2.75, 3.05) is 51.0 Å². The van der Waals surface area contributed by atoms with Crippen molar-refractivity contribution in [3.05, 3.63) is 29.8 Å². The molecular formula is C28H44N4O5S2. The highest BCUT2D eigenvalue weighted by Gasteiger charge is 2.42. The average Bonchev–Trinajstić information content (AvgIpc) is 3.30. The molecule has 1 aromatic carbocycles. The van der Waals surface area contributed by atoms with Crippen molar-refractivity contribution >= 4 is 39.3 Å². The van der Waals surface area contributed by atoms with Crippen molar-refractivity contribution in [1.82, 2.24) is 20.0 Å². The van der Waals surface area contributed by atoms with Crippen molar-refractivity contribution in [1.29, 1.82) is 0 Å². The van der Waals surface area contributed by atoms with Gasteiger partial charge in [-0.05, 0) is 62.1 Å². The van der Waals surface area contributed by atoms with Crippen LogP contribution in [0.2, 0.25) is 0 Å². The number of likely N-dealkylation sites (tertiary alicyclic amines) is 1. The van der Waals surface area contributed by atoms with Gasteiger partial charge in [-0.25, -0.2) is 8.42 Å². The second kappa shape index (κ2) is 14.5. The average molecular weight is 581 g/mol. The Morgan fingerprint density at radius 3 is 2.36 bits per heavy atom. The van der Waals surface area contributed by atoms with Gasteiger partial charge in [-0.15, -0.1) is 0 Å². The summed E-state index contributed by atoms with van der Waals surface area (Å²) in [7, 11) is -3.24. The molecule has 1 N–H and O–H groups in total. The van der Waals surface area contributed by atoms with Gasteiger partial charge in [0, 0.05) is 45.4 Å². The van der Waals surface area contributed by atoms with Gasteiger partial charge in [0.25, 0.3) is 0 Å². The van der Waals surface area contributed by atoms with E-state index in [-0.39, 0.29) is 29.7 Å². The van der Waals surface area contributed by atoms with Crippen LogP contribution >= 0.6 is 11.8 Å². The lowest BCUT2D eigenvalue weighted by atomic mass is 10.1. The van der Waals surface area contributed by atoms with E-state index < -0.39 is 15.9 Å². The van der Waals surface area contributed by atoms with E-state index in [1.54, 1.807) is 17.0 Å². The predicted octanol–water partition coefficient (Wildman–Crippen LogP) is 2.40. The van der Waals surface area contributed by atoms with Gasteiger partial charge in [-0.2, -0.15) is 11.8 Å². The number of benzene rings is 1. The van der Waals surface area contributed by atoms with Gasteiger partial charge < -0.3 is 15.1 Å². The summed E-state index contributed by atoms with van der Waals surface area (Å²) in [6, 6.07) is 6.30. The molecule has 0 unspecified atom stereocenters. The van der Waals surface area contributed by atoms with E-state index >= 15 is 0 Å². The first-order chi connectivity index (χ1) is 18.5. The van der Waals surface area contributed by atoms with Gasteiger partial charge >= 0.3 is 0 Å². The quantitative estimate of drug-likeness (QED) is 0.528. The van der Waals surface area contributed by atoms with E-state index in [1.807, 2.05) is 37.1 Å². The molecule has 2 fully saturated rings. The van der Waals surface area contributed by atoms with Crippen LogP contribution < -0.4 is 5.32 Å². The molecule has 2 aliphatic heterocycles. The van der Waals surface area contributed by atoms with Crippen LogP contribution in [0, 0.1) is 5.92 Å². The molecule has 0 aromatic heterocycles. The van der Waals surface area contributed by atoms with E-state index in [2.05, 4.69) is 10.2 Å². The Bertz CT molecular complexity index is 1090. The number of hydrogen-bond acceptors (Lipinski definition) is 7. The fraction of sp³-hybridized carbons (Fsp3) is 0.679. The van der Waals surface area contributed by atoms with Crippen LogP contribution in [0.1, 0.15) is 51.5 Å². The fourth-order valence-electron chi connectivity index (χ4n) is 5.37. The molecule has 3 amide bonds. The van der Waals surface area contributed by atoms with Gasteiger partial charge in [0.15, 0.2) is 9.84 Å². The van der Waals surface area contributed by atoms with Crippen LogP contribution in [0.15, 0.2) is 29.2 Å². The zero-order valence-corrected chi connectivity index (χ0v) is 25.4. The van der Waals surface area contributed by atoms with Gasteiger partial charge in [0.1, 0.15) is 6.04 Å². The summed E-state index contributed by atoms with van der Waals surface area (Å²) in [5, 5.41) is 3.03. The third kappa shape index (κ3) is 9.21. The molecule has 1 aromatic rings. The Morgan fingerprint density at radius 1 is 1.03 bits per heavy atom. The topological polar surface area (TPSA) is 107 Å². The van der Waals surface area contributed by atoms with E-state index in [0.29, 0.717) is 49.7 Å². The number of hydrogen-bond donors (Lipinski definition) is 1. The highest BCUT2D eigenvalue weighted by molar-refractivity contribution is 7.99. The monoisotopic (exact) mass is 580 g/mol. The van der Waals surface area contributed by atoms with Crippen molar-refractivity contribution < 1.29 is 22.8 Å². The molecule has 39 heavy (non-hydrogen) atoms. The molecule has 0 aliphatic carbocycles. The highest BCUT2D eigenvalue weighted by atomic mass is 32.2. The van der Waals surface area contributed by atoms with Crippen molar-refractivity contribution in [2.45, 2.75) is 69.5 Å². The second-order valence-corrected chi connectivity index (χ2v) is 14.0. The van der Waals surface area contributed by atoms with Crippen LogP contribution in [-0.4, -0.2) is 104 Å². The van der Waals surface area contributed by atoms with Crippen molar-refractivity contribution in [3.8, 4) is 0 Å². The maximum Gasteiger partial charge on any atom is 0.242 e. The summed E-state index contributed by atoms with van der Waals surface area (Å²) in [5.74, 6) is 0.410. The fourth-order valence-corrected chi connectivity index (χ4v) is 6.42. The van der Waals surface area contributed by atoms with Gasteiger partial charge in [0.2, 0.25) is 17.7 Å². The minimum Gasteiger partial charge on any atom is -0.354 e. The smallest absolute Gasteiger partial charge is 0.242 e. The molecule has 0 saturated carbocycles. The standard InChI is InChI=1S/C28H44N4O5S2/c1-21(2)16-26(33)31-15-7-14-30(18-22-8-10-24(11-9-22)39(4,36)37)13-6-5-12-29-28(35)25-17-23(31)19-32(25)27(34)20-38-3/h8-11,21,23,25H,5-7,12-20H2,1-4H3,(H,29,35)/t23-,25-/m0/s1. The summed E-state index contributed by atoms with van der Waals surface area (Å²) in [4.78, 5) is 45.6. The van der Waals surface area contributed by atoms with E-state index in [4.69, 9.17) is 0 Å². The Hall–Kier alpha value is -2.11. The number of nitrogens with zero attached hydrogens (tertiary/aromatic N) is 3. The third-order valence-electron chi connectivity index (χ3n) is 7.35. The summed E-state index contributed by atoms with van der Waals surface area (Å²) < 4.78 is 23.7. The molecule has 3 rings (SSSR count). The molecule has 2 heterocycles. The summed E-state index contributed by atoms with van der Waals surface area (Å²) in [6.07, 6.45) is 6.47. The number of carbonyl (C=O) groups is 3.